The molecule has 2 N–H and O–H groups in total. The van der Waals surface area contributed by atoms with Crippen LogP contribution in [0.2, 0.25) is 0 Å². The van der Waals surface area contributed by atoms with Gasteiger partial charge in [0, 0.05) is 98.7 Å². The van der Waals surface area contributed by atoms with E-state index in [-0.39, 0.29) is 42.0 Å². The minimum absolute atomic E-state index is 0.00134. The Kier molecular flexibility index (Phi) is 13.0. The minimum atomic E-state index is -0.367. The quantitative estimate of drug-likeness (QED) is 0.125. The maximum Gasteiger partial charge on any atom is 0.258 e. The number of phenolic OH excluding ortho intramolecular Hbond substituents is 1. The molecule has 0 unspecified atom stereocenters. The van der Waals surface area contributed by atoms with E-state index in [9.17, 15) is 20.0 Å². The molecular formula is C55H59N7O6. The van der Waals surface area contributed by atoms with E-state index in [1.807, 2.05) is 95.4 Å². The summed E-state index contributed by atoms with van der Waals surface area (Å²) < 4.78 is 15.5. The van der Waals surface area contributed by atoms with Gasteiger partial charge in [-0.3, -0.25) is 19.3 Å². The zero-order valence-electron chi connectivity index (χ0n) is 39.8. The summed E-state index contributed by atoms with van der Waals surface area (Å²) in [6, 6.07) is 30.4. The fraction of sp³-hybridized carbons (Fsp3) is 0.345. The highest BCUT2D eigenvalue weighted by atomic mass is 16.5. The Morgan fingerprint density at radius 3 is 2.32 bits per heavy atom. The number of nitrogens with zero attached hydrogens (tertiary/aromatic N) is 6. The van der Waals surface area contributed by atoms with E-state index in [1.165, 1.54) is 17.7 Å². The Labute approximate surface area is 398 Å². The Balaban J connectivity index is 1.07. The molecule has 9 rings (SSSR count). The van der Waals surface area contributed by atoms with Crippen molar-refractivity contribution >= 4 is 23.4 Å². The van der Waals surface area contributed by atoms with Crippen molar-refractivity contribution in [3.8, 4) is 40.0 Å². The highest BCUT2D eigenvalue weighted by Crippen LogP contribution is 2.44. The summed E-state index contributed by atoms with van der Waals surface area (Å²) >= 11 is 0. The fourth-order valence-corrected chi connectivity index (χ4v) is 10.1. The van der Waals surface area contributed by atoms with Crippen LogP contribution >= 0.6 is 0 Å². The van der Waals surface area contributed by atoms with Crippen LogP contribution in [0.4, 0.5) is 5.69 Å². The Morgan fingerprint density at radius 1 is 0.853 bits per heavy atom. The van der Waals surface area contributed by atoms with Crippen LogP contribution < -0.4 is 10.1 Å². The van der Waals surface area contributed by atoms with Gasteiger partial charge in [0.05, 0.1) is 30.4 Å². The van der Waals surface area contributed by atoms with Gasteiger partial charge in [-0.05, 0) is 123 Å². The van der Waals surface area contributed by atoms with Crippen LogP contribution in [0.25, 0.3) is 22.4 Å². The lowest BCUT2D eigenvalue weighted by atomic mass is 9.87. The molecule has 2 atom stereocenters. The van der Waals surface area contributed by atoms with Gasteiger partial charge in [0.25, 0.3) is 11.8 Å². The maximum absolute atomic E-state index is 15.4. The number of hydrogen-bond acceptors (Lipinski definition) is 8. The fourth-order valence-electron chi connectivity index (χ4n) is 10.1. The van der Waals surface area contributed by atoms with Crippen molar-refractivity contribution in [1.29, 1.82) is 5.26 Å². The molecule has 1 fully saturated rings. The van der Waals surface area contributed by atoms with Crippen LogP contribution in [0.15, 0.2) is 91.0 Å². The molecule has 3 aliphatic heterocycles. The first-order valence-electron chi connectivity index (χ1n) is 23.5. The number of phenols is 1. The monoisotopic (exact) mass is 913 g/mol. The van der Waals surface area contributed by atoms with Crippen LogP contribution in [0.1, 0.15) is 79.5 Å². The number of anilines is 1. The van der Waals surface area contributed by atoms with Crippen LogP contribution in [-0.4, -0.2) is 98.2 Å². The van der Waals surface area contributed by atoms with Gasteiger partial charge >= 0.3 is 0 Å². The molecule has 0 saturated carbocycles. The molecule has 13 nitrogen and oxygen atoms in total. The molecule has 0 aliphatic carbocycles. The van der Waals surface area contributed by atoms with Crippen molar-refractivity contribution in [2.75, 3.05) is 44.7 Å². The number of amides is 3. The van der Waals surface area contributed by atoms with Crippen LogP contribution in [-0.2, 0) is 56.0 Å². The minimum Gasteiger partial charge on any atom is -0.508 e. The SMILES string of the molecule is Cc1c(-c2c(C(=O)Nc3ccc(O)cc3)c(C)n(C)c2-c2cc3c(cc2C(=O)N2Cc4ccccc4C[C@H]2C)CN(C(=O)Cc2ccc(OCCN4CCO[C@H](C)C4)cc2)CC3)cc(C#N)n1C. The number of morpholine rings is 1. The molecule has 2 aromatic heterocycles. The normalized spacial score (nSPS) is 17.0. The molecule has 350 valence electrons. The smallest absolute Gasteiger partial charge is 0.258 e. The van der Waals surface area contributed by atoms with E-state index >= 15 is 4.79 Å². The Hall–Kier alpha value is -7.14. The number of hydrogen-bond donors (Lipinski definition) is 2. The molecule has 3 aliphatic rings. The van der Waals surface area contributed by atoms with Gasteiger partial charge in [-0.1, -0.05) is 36.4 Å². The number of nitrogens with one attached hydrogen (secondary N) is 1. The average Bonchev–Trinajstić information content (AvgIpc) is 3.77. The number of nitriles is 1. The summed E-state index contributed by atoms with van der Waals surface area (Å²) in [7, 11) is 3.74. The first kappa shape index (κ1) is 46.0. The molecule has 5 heterocycles. The summed E-state index contributed by atoms with van der Waals surface area (Å²) in [5.41, 5.74) is 11.1. The number of carbonyl (C=O) groups is 3. The molecule has 4 aromatic carbocycles. The van der Waals surface area contributed by atoms with Crippen LogP contribution in [0, 0.1) is 25.2 Å². The number of carbonyl (C=O) groups excluding carboxylic acids is 3. The molecular weight excluding hydrogens is 855 g/mol. The summed E-state index contributed by atoms with van der Waals surface area (Å²) in [5, 5.41) is 23.2. The molecule has 13 heteroatoms. The average molecular weight is 914 g/mol. The highest BCUT2D eigenvalue weighted by molar-refractivity contribution is 6.14. The van der Waals surface area contributed by atoms with E-state index in [0.29, 0.717) is 89.7 Å². The number of benzene rings is 4. The highest BCUT2D eigenvalue weighted by Gasteiger charge is 2.35. The summed E-state index contributed by atoms with van der Waals surface area (Å²) in [6.07, 6.45) is 1.74. The lowest BCUT2D eigenvalue weighted by Gasteiger charge is -2.36. The topological polar surface area (TPSA) is 145 Å². The first-order valence-corrected chi connectivity index (χ1v) is 23.5. The van der Waals surface area contributed by atoms with Gasteiger partial charge in [0.15, 0.2) is 0 Å². The van der Waals surface area contributed by atoms with Crippen LogP contribution in [0.5, 0.6) is 11.5 Å². The standard InChI is InChI=1S/C55H59N7O6/c1-34-25-39-9-7-8-10-41(39)33-62(34)55(66)49-28-42-32-61(50(64)26-38-11-17-46(18-12-38)68-24-22-60-21-23-67-35(2)31-60)20-19-40(42)27-48(49)53-52(47-29-44(30-56)58(5)36(47)3)51(37(4)59(53)6)54(65)57-43-13-15-45(63)16-14-43/h7-18,27-29,34-35,63H,19-26,31-33H2,1-6H3,(H,57,65)/t34-,35-/m1/s1. The Morgan fingerprint density at radius 2 is 1.60 bits per heavy atom. The molecule has 3 amide bonds. The number of aromatic hydroxyl groups is 1. The lowest BCUT2D eigenvalue weighted by Crippen LogP contribution is -2.43. The Bertz CT molecular complexity index is 2940. The first-order chi connectivity index (χ1) is 32.8. The van der Waals surface area contributed by atoms with E-state index in [4.69, 9.17) is 9.47 Å². The van der Waals surface area contributed by atoms with Gasteiger partial charge in [0.1, 0.15) is 29.9 Å². The molecule has 0 radical (unpaired) electrons. The molecule has 0 spiro atoms. The molecule has 0 bridgehead atoms. The second-order valence-electron chi connectivity index (χ2n) is 18.6. The van der Waals surface area contributed by atoms with Gasteiger partial charge in [-0.15, -0.1) is 0 Å². The lowest BCUT2D eigenvalue weighted by molar-refractivity contribution is -0.131. The molecule has 68 heavy (non-hydrogen) atoms. The number of fused-ring (bicyclic) bond motifs is 2. The maximum atomic E-state index is 15.4. The zero-order chi connectivity index (χ0) is 47.8. The van der Waals surface area contributed by atoms with E-state index in [2.05, 4.69) is 48.3 Å². The van der Waals surface area contributed by atoms with E-state index < -0.39 is 0 Å². The second kappa shape index (κ2) is 19.2. The third kappa shape index (κ3) is 9.14. The number of rotatable bonds is 11. The van der Waals surface area contributed by atoms with E-state index in [0.717, 1.165) is 59.9 Å². The predicted octanol–water partition coefficient (Wildman–Crippen LogP) is 7.96. The van der Waals surface area contributed by atoms with Crippen molar-refractivity contribution in [1.82, 2.24) is 23.8 Å². The zero-order valence-corrected chi connectivity index (χ0v) is 39.8. The largest absolute Gasteiger partial charge is 0.508 e. The van der Waals surface area contributed by atoms with E-state index in [1.54, 1.807) is 12.1 Å². The summed E-state index contributed by atoms with van der Waals surface area (Å²) in [4.78, 5) is 50.3. The third-order valence-electron chi connectivity index (χ3n) is 14.2. The van der Waals surface area contributed by atoms with Gasteiger partial charge in [-0.25, -0.2) is 0 Å². The molecule has 1 saturated heterocycles. The van der Waals surface area contributed by atoms with Crippen LogP contribution in [0.3, 0.4) is 0 Å². The van der Waals surface area contributed by atoms with Crippen molar-refractivity contribution < 1.29 is 29.0 Å². The summed E-state index contributed by atoms with van der Waals surface area (Å²) in [5.74, 6) is 0.340. The van der Waals surface area contributed by atoms with Crippen molar-refractivity contribution in [2.45, 2.75) is 72.2 Å². The van der Waals surface area contributed by atoms with Crippen molar-refractivity contribution in [2.24, 2.45) is 14.1 Å². The van der Waals surface area contributed by atoms with Gasteiger partial charge in [-0.2, -0.15) is 5.26 Å². The van der Waals surface area contributed by atoms with Crippen molar-refractivity contribution in [3.63, 3.8) is 0 Å². The predicted molar refractivity (Wildman–Crippen MR) is 262 cm³/mol. The van der Waals surface area contributed by atoms with Gasteiger partial charge < -0.3 is 38.8 Å². The molecule has 6 aromatic rings. The third-order valence-corrected chi connectivity index (χ3v) is 14.2. The number of ether oxygens (including phenoxy) is 2. The van der Waals surface area contributed by atoms with Gasteiger partial charge in [0.2, 0.25) is 5.91 Å². The number of aromatic nitrogens is 2. The summed E-state index contributed by atoms with van der Waals surface area (Å²) in [6.45, 7) is 13.2. The van der Waals surface area contributed by atoms with Crippen molar-refractivity contribution in [3.05, 3.63) is 147 Å². The second-order valence-corrected chi connectivity index (χ2v) is 18.6.